The van der Waals surface area contributed by atoms with Crippen molar-refractivity contribution in [2.45, 2.75) is 12.3 Å². The molecule has 98 valence electrons. The monoisotopic (exact) mass is 269 g/mol. The van der Waals surface area contributed by atoms with Crippen molar-refractivity contribution in [3.63, 3.8) is 0 Å². The number of amides is 1. The van der Waals surface area contributed by atoms with Crippen LogP contribution in [0, 0.1) is 5.92 Å². The predicted molar refractivity (Wildman–Crippen MR) is 70.2 cm³/mol. The van der Waals surface area contributed by atoms with Gasteiger partial charge in [-0.3, -0.25) is 4.79 Å². The van der Waals surface area contributed by atoms with E-state index in [9.17, 15) is 4.79 Å². The fourth-order valence-corrected chi connectivity index (χ4v) is 2.32. The summed E-state index contributed by atoms with van der Waals surface area (Å²) < 4.78 is 5.34. The Morgan fingerprint density at radius 3 is 2.61 bits per heavy atom. The maximum atomic E-state index is 11.9. The van der Waals surface area contributed by atoms with Crippen LogP contribution in [0.1, 0.15) is 6.92 Å². The minimum absolute atomic E-state index is 0.0760. The van der Waals surface area contributed by atoms with Crippen LogP contribution in [-0.4, -0.2) is 36.1 Å². The Hall–Kier alpha value is -1.26. The Bertz CT molecular complexity index is 421. The van der Waals surface area contributed by atoms with Crippen LogP contribution >= 0.6 is 11.6 Å². The zero-order valence-corrected chi connectivity index (χ0v) is 10.9. The number of hydrogen-bond donors (Lipinski definition) is 1. The molecule has 1 aliphatic rings. The van der Waals surface area contributed by atoms with Crippen LogP contribution in [0.2, 0.25) is 0 Å². The van der Waals surface area contributed by atoms with Crippen molar-refractivity contribution in [3.8, 4) is 5.75 Å². The fraction of sp³-hybridized carbons (Fsp3) is 0.462. The van der Waals surface area contributed by atoms with E-state index in [1.807, 2.05) is 31.2 Å². The van der Waals surface area contributed by atoms with Crippen LogP contribution in [0.4, 0.5) is 5.69 Å². The molecule has 4 nitrogen and oxygen atoms in total. The number of anilines is 1. The topological polar surface area (TPSA) is 49.8 Å². The van der Waals surface area contributed by atoms with Crippen LogP contribution in [0.25, 0.3) is 0 Å². The van der Waals surface area contributed by atoms with Gasteiger partial charge >= 0.3 is 0 Å². The molecule has 0 bridgehead atoms. The van der Waals surface area contributed by atoms with Crippen molar-refractivity contribution >= 4 is 23.2 Å². The summed E-state index contributed by atoms with van der Waals surface area (Å²) in [7, 11) is 0. The fourth-order valence-electron chi connectivity index (χ4n) is 2.04. The largest absolute Gasteiger partial charge is 0.494 e. The lowest BCUT2D eigenvalue weighted by Gasteiger charge is -2.16. The van der Waals surface area contributed by atoms with E-state index in [1.54, 1.807) is 4.90 Å². The van der Waals surface area contributed by atoms with Gasteiger partial charge in [-0.1, -0.05) is 0 Å². The van der Waals surface area contributed by atoms with Crippen LogP contribution in [0.15, 0.2) is 24.3 Å². The number of carbonyl (C=O) groups excluding carboxylic acids is 1. The summed E-state index contributed by atoms with van der Waals surface area (Å²) in [6.07, 6.45) is 0. The number of aliphatic hydroxyl groups is 1. The first kappa shape index (κ1) is 13.2. The number of alkyl halides is 1. The van der Waals surface area contributed by atoms with E-state index in [-0.39, 0.29) is 18.4 Å². The van der Waals surface area contributed by atoms with E-state index >= 15 is 0 Å². The second-order valence-corrected chi connectivity index (χ2v) is 4.69. The van der Waals surface area contributed by atoms with E-state index in [1.165, 1.54) is 0 Å². The summed E-state index contributed by atoms with van der Waals surface area (Å²) >= 11 is 5.98. The highest BCUT2D eigenvalue weighted by molar-refractivity contribution is 6.34. The molecule has 18 heavy (non-hydrogen) atoms. The Labute approximate surface area is 111 Å². The molecule has 0 radical (unpaired) electrons. The summed E-state index contributed by atoms with van der Waals surface area (Å²) in [6, 6.07) is 7.29. The molecule has 1 saturated heterocycles. The summed E-state index contributed by atoms with van der Waals surface area (Å²) in [5.74, 6) is 0.416. The lowest BCUT2D eigenvalue weighted by Crippen LogP contribution is -2.27. The number of hydrogen-bond acceptors (Lipinski definition) is 3. The van der Waals surface area contributed by atoms with Gasteiger partial charge in [0.15, 0.2) is 0 Å². The van der Waals surface area contributed by atoms with Gasteiger partial charge in [0.1, 0.15) is 11.1 Å². The average Bonchev–Trinajstić information content (AvgIpc) is 2.68. The molecular formula is C13H16ClNO3. The minimum Gasteiger partial charge on any atom is -0.494 e. The zero-order chi connectivity index (χ0) is 13.1. The zero-order valence-electron chi connectivity index (χ0n) is 10.2. The van der Waals surface area contributed by atoms with E-state index < -0.39 is 5.38 Å². The van der Waals surface area contributed by atoms with E-state index in [0.29, 0.717) is 13.2 Å². The number of carbonyl (C=O) groups is 1. The highest BCUT2D eigenvalue weighted by Crippen LogP contribution is 2.29. The van der Waals surface area contributed by atoms with Crippen molar-refractivity contribution in [3.05, 3.63) is 24.3 Å². The number of aliphatic hydroxyl groups excluding tert-OH is 1. The van der Waals surface area contributed by atoms with Gasteiger partial charge in [-0.15, -0.1) is 11.6 Å². The summed E-state index contributed by atoms with van der Waals surface area (Å²) in [5.41, 5.74) is 0.782. The number of halogens is 1. The van der Waals surface area contributed by atoms with Crippen molar-refractivity contribution in [1.82, 2.24) is 0 Å². The lowest BCUT2D eigenvalue weighted by molar-refractivity contribution is -0.117. The third-order valence-electron chi connectivity index (χ3n) is 3.03. The lowest BCUT2D eigenvalue weighted by atomic mass is 10.1. The second kappa shape index (κ2) is 5.59. The first-order chi connectivity index (χ1) is 8.67. The number of nitrogens with zero attached hydrogens (tertiary/aromatic N) is 1. The number of benzene rings is 1. The predicted octanol–water partition coefficient (Wildman–Crippen LogP) is 1.65. The molecule has 1 aromatic rings. The van der Waals surface area contributed by atoms with Crippen molar-refractivity contribution in [2.24, 2.45) is 5.92 Å². The van der Waals surface area contributed by atoms with E-state index in [2.05, 4.69) is 0 Å². The third kappa shape index (κ3) is 2.44. The van der Waals surface area contributed by atoms with E-state index in [4.69, 9.17) is 21.4 Å². The highest BCUT2D eigenvalue weighted by atomic mass is 35.5. The summed E-state index contributed by atoms with van der Waals surface area (Å²) in [6.45, 7) is 2.91. The molecule has 1 N–H and O–H groups in total. The van der Waals surface area contributed by atoms with Gasteiger partial charge in [-0.25, -0.2) is 0 Å². The second-order valence-electron chi connectivity index (χ2n) is 4.22. The van der Waals surface area contributed by atoms with Crippen molar-refractivity contribution < 1.29 is 14.6 Å². The van der Waals surface area contributed by atoms with Crippen LogP contribution in [0.5, 0.6) is 5.75 Å². The minimum atomic E-state index is -0.637. The van der Waals surface area contributed by atoms with Gasteiger partial charge in [-0.05, 0) is 31.2 Å². The molecule has 0 aromatic heterocycles. The molecule has 1 aliphatic heterocycles. The molecule has 5 heteroatoms. The Kier molecular flexibility index (Phi) is 4.09. The molecule has 1 heterocycles. The molecule has 0 unspecified atom stereocenters. The molecule has 2 atom stereocenters. The normalized spacial score (nSPS) is 23.5. The van der Waals surface area contributed by atoms with Crippen LogP contribution < -0.4 is 9.64 Å². The quantitative estimate of drug-likeness (QED) is 0.846. The Morgan fingerprint density at radius 1 is 1.44 bits per heavy atom. The van der Waals surface area contributed by atoms with Gasteiger partial charge in [0, 0.05) is 24.8 Å². The smallest absolute Gasteiger partial charge is 0.245 e. The van der Waals surface area contributed by atoms with Gasteiger partial charge in [0.2, 0.25) is 5.91 Å². The molecule has 1 aromatic carbocycles. The molecule has 0 saturated carbocycles. The summed E-state index contributed by atoms with van der Waals surface area (Å²) in [4.78, 5) is 13.5. The summed E-state index contributed by atoms with van der Waals surface area (Å²) in [5, 5.41) is 8.51. The molecule has 0 aliphatic carbocycles. The number of ether oxygens (including phenoxy) is 1. The molecule has 1 fully saturated rings. The maximum absolute atomic E-state index is 11.9. The van der Waals surface area contributed by atoms with Crippen LogP contribution in [-0.2, 0) is 4.79 Å². The van der Waals surface area contributed by atoms with E-state index in [0.717, 1.165) is 11.4 Å². The Morgan fingerprint density at radius 2 is 2.11 bits per heavy atom. The first-order valence-electron chi connectivity index (χ1n) is 5.96. The molecule has 1 amide bonds. The highest BCUT2D eigenvalue weighted by Gasteiger charge is 2.39. The van der Waals surface area contributed by atoms with Gasteiger partial charge in [0.25, 0.3) is 0 Å². The molecule has 0 spiro atoms. The maximum Gasteiger partial charge on any atom is 0.245 e. The first-order valence-corrected chi connectivity index (χ1v) is 6.40. The molecule has 2 rings (SSSR count). The van der Waals surface area contributed by atoms with Crippen molar-refractivity contribution in [1.29, 1.82) is 0 Å². The standard InChI is InChI=1S/C13H16ClNO3/c1-2-18-11-5-3-10(4-6-11)15-7-9(8-16)12(14)13(15)17/h3-6,9,12,16H,2,7-8H2,1H3/t9-,12+/m1/s1. The van der Waals surface area contributed by atoms with Gasteiger partial charge in [0.05, 0.1) is 6.61 Å². The van der Waals surface area contributed by atoms with Gasteiger partial charge in [-0.2, -0.15) is 0 Å². The Balaban J connectivity index is 2.14. The molecular weight excluding hydrogens is 254 g/mol. The van der Waals surface area contributed by atoms with Gasteiger partial charge < -0.3 is 14.7 Å². The number of rotatable bonds is 4. The van der Waals surface area contributed by atoms with Crippen molar-refractivity contribution in [2.75, 3.05) is 24.7 Å². The van der Waals surface area contributed by atoms with Crippen LogP contribution in [0.3, 0.4) is 0 Å². The third-order valence-corrected chi connectivity index (χ3v) is 3.57. The average molecular weight is 270 g/mol. The SMILES string of the molecule is CCOc1ccc(N2C[C@H](CO)[C@H](Cl)C2=O)cc1.